The maximum Gasteiger partial charge on any atom is 0.186 e. The van der Waals surface area contributed by atoms with Gasteiger partial charge in [0.2, 0.25) is 0 Å². The molecule has 7 heteroatoms. The van der Waals surface area contributed by atoms with Gasteiger partial charge in [0.15, 0.2) is 6.29 Å². The average Bonchev–Trinajstić information content (AvgIpc) is 2.79. The smallest absolute Gasteiger partial charge is 0.186 e. The molecule has 1 aliphatic rings. The molecule has 7 nitrogen and oxygen atoms in total. The molecule has 0 bridgehead atoms. The zero-order valence-corrected chi connectivity index (χ0v) is 17.6. The van der Waals surface area contributed by atoms with Crippen molar-refractivity contribution >= 4 is 0 Å². The lowest BCUT2D eigenvalue weighted by Crippen LogP contribution is -2.60. The van der Waals surface area contributed by atoms with Crippen molar-refractivity contribution in [2.45, 2.75) is 43.9 Å². The van der Waals surface area contributed by atoms with Crippen LogP contribution in [0.2, 0.25) is 0 Å². The molecule has 1 aliphatic heterocycles. The summed E-state index contributed by atoms with van der Waals surface area (Å²) in [6, 6.07) is 17.4. The quantitative estimate of drug-likeness (QED) is 0.635. The first-order chi connectivity index (χ1) is 14.7. The molecule has 0 radical (unpaired) electrons. The van der Waals surface area contributed by atoms with Gasteiger partial charge in [-0.15, -0.1) is 0 Å². The average molecular weight is 418 g/mol. The Kier molecular flexibility index (Phi) is 8.62. The summed E-state index contributed by atoms with van der Waals surface area (Å²) in [5.74, 6) is 0.772. The molecule has 30 heavy (non-hydrogen) atoms. The van der Waals surface area contributed by atoms with E-state index in [2.05, 4.69) is 0 Å². The third-order valence-electron chi connectivity index (χ3n) is 5.07. The van der Waals surface area contributed by atoms with Gasteiger partial charge in [0.05, 0.1) is 26.9 Å². The van der Waals surface area contributed by atoms with E-state index in [4.69, 9.17) is 28.4 Å². The van der Waals surface area contributed by atoms with Gasteiger partial charge in [-0.25, -0.2) is 0 Å². The van der Waals surface area contributed by atoms with Crippen molar-refractivity contribution in [1.29, 1.82) is 0 Å². The van der Waals surface area contributed by atoms with Crippen LogP contribution in [0.5, 0.6) is 5.75 Å². The molecule has 0 amide bonds. The fraction of sp³-hybridized carbons (Fsp3) is 0.478. The molecule has 1 saturated heterocycles. The molecule has 3 rings (SSSR count). The van der Waals surface area contributed by atoms with Gasteiger partial charge < -0.3 is 33.5 Å². The summed E-state index contributed by atoms with van der Waals surface area (Å²) < 4.78 is 34.0. The first-order valence-electron chi connectivity index (χ1n) is 9.91. The summed E-state index contributed by atoms with van der Waals surface area (Å²) >= 11 is 0. The van der Waals surface area contributed by atoms with Crippen molar-refractivity contribution in [2.75, 3.05) is 27.9 Å². The molecular weight excluding hydrogens is 388 g/mol. The van der Waals surface area contributed by atoms with Gasteiger partial charge in [-0.1, -0.05) is 42.5 Å². The van der Waals surface area contributed by atoms with E-state index in [1.165, 1.54) is 0 Å². The molecule has 0 aromatic heterocycles. The Hall–Kier alpha value is -2.00. The largest absolute Gasteiger partial charge is 0.497 e. The minimum atomic E-state index is -0.935. The van der Waals surface area contributed by atoms with Crippen molar-refractivity contribution in [2.24, 2.45) is 0 Å². The molecule has 0 spiro atoms. The Labute approximate surface area is 177 Å². The summed E-state index contributed by atoms with van der Waals surface area (Å²) in [6.07, 6.45) is -3.49. The van der Waals surface area contributed by atoms with Crippen LogP contribution in [0.4, 0.5) is 0 Å². The van der Waals surface area contributed by atoms with Crippen LogP contribution in [-0.4, -0.2) is 63.7 Å². The van der Waals surface area contributed by atoms with Crippen LogP contribution >= 0.6 is 0 Å². The van der Waals surface area contributed by atoms with E-state index in [-0.39, 0.29) is 6.61 Å². The van der Waals surface area contributed by atoms with Crippen LogP contribution in [0, 0.1) is 0 Å². The van der Waals surface area contributed by atoms with E-state index in [1.54, 1.807) is 21.3 Å². The fourth-order valence-corrected chi connectivity index (χ4v) is 3.43. The van der Waals surface area contributed by atoms with E-state index < -0.39 is 30.7 Å². The molecule has 1 N–H and O–H groups in total. The molecule has 0 aliphatic carbocycles. The van der Waals surface area contributed by atoms with E-state index in [0.717, 1.165) is 16.9 Å². The summed E-state index contributed by atoms with van der Waals surface area (Å²) in [5, 5.41) is 10.9. The number of aliphatic hydroxyl groups excluding tert-OH is 1. The Balaban J connectivity index is 1.73. The topological polar surface area (TPSA) is 75.6 Å². The highest BCUT2D eigenvalue weighted by atomic mass is 16.7. The van der Waals surface area contributed by atoms with Crippen LogP contribution in [-0.2, 0) is 36.9 Å². The number of methoxy groups -OCH3 is 3. The van der Waals surface area contributed by atoms with Crippen molar-refractivity contribution < 1.29 is 33.5 Å². The lowest BCUT2D eigenvalue weighted by molar-refractivity contribution is -0.314. The van der Waals surface area contributed by atoms with Gasteiger partial charge in [0.1, 0.15) is 30.2 Å². The SMILES string of the molecule is COC[C@H]1O[C@H](OC)[C@H](OCc2ccccc2)[C@@H](OCc2ccc(OC)cc2)[C@@H]1O. The van der Waals surface area contributed by atoms with Gasteiger partial charge in [-0.3, -0.25) is 0 Å². The molecule has 1 fully saturated rings. The van der Waals surface area contributed by atoms with Crippen LogP contribution < -0.4 is 4.74 Å². The zero-order valence-electron chi connectivity index (χ0n) is 17.6. The van der Waals surface area contributed by atoms with Crippen molar-refractivity contribution in [3.05, 3.63) is 65.7 Å². The van der Waals surface area contributed by atoms with E-state index in [1.807, 2.05) is 54.6 Å². The Morgan fingerprint density at radius 2 is 1.47 bits per heavy atom. The third kappa shape index (κ3) is 5.78. The second-order valence-electron chi connectivity index (χ2n) is 7.11. The van der Waals surface area contributed by atoms with Crippen LogP contribution in [0.1, 0.15) is 11.1 Å². The minimum absolute atomic E-state index is 0.217. The first-order valence-corrected chi connectivity index (χ1v) is 9.91. The summed E-state index contributed by atoms with van der Waals surface area (Å²) in [7, 11) is 4.73. The molecule has 1 heterocycles. The van der Waals surface area contributed by atoms with Crippen LogP contribution in [0.15, 0.2) is 54.6 Å². The number of benzene rings is 2. The van der Waals surface area contributed by atoms with Gasteiger partial charge >= 0.3 is 0 Å². The van der Waals surface area contributed by atoms with Crippen molar-refractivity contribution in [3.63, 3.8) is 0 Å². The Morgan fingerprint density at radius 1 is 0.833 bits per heavy atom. The summed E-state index contributed by atoms with van der Waals surface area (Å²) in [5.41, 5.74) is 1.96. The minimum Gasteiger partial charge on any atom is -0.497 e. The third-order valence-corrected chi connectivity index (χ3v) is 5.07. The van der Waals surface area contributed by atoms with E-state index in [0.29, 0.717) is 13.2 Å². The molecule has 0 saturated carbocycles. The maximum atomic E-state index is 10.9. The monoisotopic (exact) mass is 418 g/mol. The van der Waals surface area contributed by atoms with Gasteiger partial charge in [-0.05, 0) is 23.3 Å². The number of aliphatic hydroxyl groups is 1. The number of rotatable bonds is 10. The summed E-state index contributed by atoms with van der Waals surface area (Å²) in [6.45, 7) is 0.862. The second kappa shape index (κ2) is 11.4. The van der Waals surface area contributed by atoms with Crippen molar-refractivity contribution in [1.82, 2.24) is 0 Å². The standard InChI is InChI=1S/C23H30O7/c1-25-15-19-20(24)21(28-14-17-9-11-18(26-2)12-10-17)22(23(27-3)30-19)29-13-16-7-5-4-6-8-16/h4-12,19-24H,13-15H2,1-3H3/t19-,20-,21+,22-,23+/m1/s1. The highest BCUT2D eigenvalue weighted by molar-refractivity contribution is 5.26. The molecule has 5 atom stereocenters. The molecular formula is C23H30O7. The zero-order chi connectivity index (χ0) is 21.3. The second-order valence-corrected chi connectivity index (χ2v) is 7.11. The predicted molar refractivity (Wildman–Crippen MR) is 110 cm³/mol. The number of ether oxygens (including phenoxy) is 6. The highest BCUT2D eigenvalue weighted by Gasteiger charge is 2.47. The van der Waals surface area contributed by atoms with Gasteiger partial charge in [-0.2, -0.15) is 0 Å². The molecule has 2 aromatic rings. The normalized spacial score (nSPS) is 26.5. The molecule has 164 valence electrons. The highest BCUT2D eigenvalue weighted by Crippen LogP contribution is 2.28. The first kappa shape index (κ1) is 22.7. The van der Waals surface area contributed by atoms with Gasteiger partial charge in [0.25, 0.3) is 0 Å². The van der Waals surface area contributed by atoms with Gasteiger partial charge in [0, 0.05) is 14.2 Å². The number of hydrogen-bond donors (Lipinski definition) is 1. The number of hydrogen-bond acceptors (Lipinski definition) is 7. The lowest BCUT2D eigenvalue weighted by atomic mass is 9.98. The Morgan fingerprint density at radius 3 is 2.07 bits per heavy atom. The van der Waals surface area contributed by atoms with E-state index in [9.17, 15) is 5.11 Å². The molecule has 2 aromatic carbocycles. The molecule has 0 unspecified atom stereocenters. The van der Waals surface area contributed by atoms with Crippen molar-refractivity contribution in [3.8, 4) is 5.75 Å². The van der Waals surface area contributed by atoms with Crippen LogP contribution in [0.3, 0.4) is 0 Å². The summed E-state index contributed by atoms with van der Waals surface area (Å²) in [4.78, 5) is 0. The maximum absolute atomic E-state index is 10.9. The van der Waals surface area contributed by atoms with E-state index >= 15 is 0 Å². The lowest BCUT2D eigenvalue weighted by Gasteiger charge is -2.43. The fourth-order valence-electron chi connectivity index (χ4n) is 3.43. The predicted octanol–water partition coefficient (Wildman–Crippen LogP) is 2.54. The van der Waals surface area contributed by atoms with Crippen LogP contribution in [0.25, 0.3) is 0 Å². The Bertz CT molecular complexity index is 737.